The van der Waals surface area contributed by atoms with Gasteiger partial charge in [-0.2, -0.15) is 0 Å². The molecule has 1 aromatic heterocycles. The first-order chi connectivity index (χ1) is 14.7. The minimum Gasteiger partial charge on any atom is -0.307 e. The lowest BCUT2D eigenvalue weighted by Gasteiger charge is -2.55. The summed E-state index contributed by atoms with van der Waals surface area (Å²) in [6.07, 6.45) is 14.2. The molecular weight excluding hydrogens is 374 g/mol. The van der Waals surface area contributed by atoms with Crippen LogP contribution in [0.4, 0.5) is 0 Å². The van der Waals surface area contributed by atoms with Crippen molar-refractivity contribution >= 4 is 10.9 Å². The van der Waals surface area contributed by atoms with E-state index in [2.05, 4.69) is 9.88 Å². The fraction of sp³-hybridized carbons (Fsp3) is 0.680. The van der Waals surface area contributed by atoms with Gasteiger partial charge in [-0.1, -0.05) is 37.8 Å². The minimum atomic E-state index is -0.234. The van der Waals surface area contributed by atoms with Crippen molar-refractivity contribution in [3.8, 4) is 0 Å². The summed E-state index contributed by atoms with van der Waals surface area (Å²) in [4.78, 5) is 31.9. The number of H-pyrrole nitrogens is 1. The molecule has 2 aliphatic carbocycles. The highest BCUT2D eigenvalue weighted by Gasteiger charge is 2.45. The van der Waals surface area contributed by atoms with E-state index < -0.39 is 0 Å². The molecule has 4 atom stereocenters. The number of hydrogen-bond donors (Lipinski definition) is 1. The average molecular weight is 408 g/mol. The summed E-state index contributed by atoms with van der Waals surface area (Å²) < 4.78 is 1.56. The van der Waals surface area contributed by atoms with Gasteiger partial charge in [-0.25, -0.2) is 4.79 Å². The van der Waals surface area contributed by atoms with Crippen molar-refractivity contribution in [1.29, 1.82) is 0 Å². The molecule has 0 unspecified atom stereocenters. The Morgan fingerprint density at radius 1 is 0.733 bits per heavy atom. The second kappa shape index (κ2) is 7.37. The van der Waals surface area contributed by atoms with Crippen LogP contribution in [0.15, 0.2) is 33.9 Å². The number of para-hydroxylation sites is 1. The first kappa shape index (κ1) is 18.9. The van der Waals surface area contributed by atoms with Gasteiger partial charge in [-0.3, -0.25) is 14.3 Å². The zero-order chi connectivity index (χ0) is 20.2. The Kier molecular flexibility index (Phi) is 4.63. The molecule has 2 saturated heterocycles. The van der Waals surface area contributed by atoms with E-state index in [1.807, 2.05) is 24.3 Å². The van der Waals surface area contributed by atoms with E-state index in [0.29, 0.717) is 23.0 Å². The van der Waals surface area contributed by atoms with Gasteiger partial charge in [0, 0.05) is 24.2 Å². The highest BCUT2D eigenvalue weighted by molar-refractivity contribution is 5.76. The Hall–Kier alpha value is -1.88. The van der Waals surface area contributed by atoms with Gasteiger partial charge < -0.3 is 4.98 Å². The number of fused-ring (bicyclic) bond motifs is 5. The molecule has 0 amide bonds. The van der Waals surface area contributed by atoms with Crippen molar-refractivity contribution in [1.82, 2.24) is 14.5 Å². The number of rotatable bonds is 2. The molecule has 5 nitrogen and oxygen atoms in total. The Morgan fingerprint density at radius 2 is 1.40 bits per heavy atom. The number of benzene rings is 1. The van der Waals surface area contributed by atoms with Gasteiger partial charge in [0.1, 0.15) is 0 Å². The van der Waals surface area contributed by atoms with Crippen LogP contribution in [0.1, 0.15) is 76.7 Å². The molecule has 3 heterocycles. The molecule has 2 aliphatic heterocycles. The van der Waals surface area contributed by atoms with Crippen LogP contribution in [0, 0.1) is 11.8 Å². The largest absolute Gasteiger partial charge is 0.329 e. The lowest BCUT2D eigenvalue weighted by atomic mass is 9.68. The second-order valence-electron chi connectivity index (χ2n) is 10.5. The molecule has 1 aromatic carbocycles. The average Bonchev–Trinajstić information content (AvgIpc) is 2.73. The van der Waals surface area contributed by atoms with E-state index in [9.17, 15) is 9.59 Å². The third-order valence-electron chi connectivity index (χ3n) is 8.73. The predicted molar refractivity (Wildman–Crippen MR) is 119 cm³/mol. The molecule has 30 heavy (non-hydrogen) atoms. The van der Waals surface area contributed by atoms with E-state index in [0.717, 1.165) is 30.7 Å². The highest BCUT2D eigenvalue weighted by Crippen LogP contribution is 2.47. The quantitative estimate of drug-likeness (QED) is 0.811. The normalized spacial score (nSPS) is 36.7. The summed E-state index contributed by atoms with van der Waals surface area (Å²) in [5.41, 5.74) is 0.301. The van der Waals surface area contributed by atoms with E-state index in [4.69, 9.17) is 0 Å². The number of hydrogen-bond acceptors (Lipinski definition) is 3. The van der Waals surface area contributed by atoms with E-state index in [1.54, 1.807) is 4.57 Å². The van der Waals surface area contributed by atoms with Gasteiger partial charge in [0.2, 0.25) is 0 Å². The predicted octanol–water partition coefficient (Wildman–Crippen LogP) is 4.22. The molecule has 0 spiro atoms. The van der Waals surface area contributed by atoms with Crippen molar-refractivity contribution in [2.45, 2.75) is 94.8 Å². The fourth-order valence-electron chi connectivity index (χ4n) is 7.64. The molecule has 4 fully saturated rings. The van der Waals surface area contributed by atoms with E-state index >= 15 is 0 Å². The standard InChI is InChI=1S/C25H33N3O2/c29-24-22-9-1-2-10-23(22)26-25(30)28(24)21-14-18-7-4-8-19(15-21)27(18)20-12-16-5-3-6-17(11-16)13-20/h1-2,9-10,16-21H,3-8,11-15H2,(H,26,30)/t16-,17-,18+,19+/m1/s1. The van der Waals surface area contributed by atoms with Gasteiger partial charge in [-0.05, 0) is 68.9 Å². The lowest BCUT2D eigenvalue weighted by Crippen LogP contribution is -2.59. The molecular formula is C25H33N3O2. The Labute approximate surface area is 177 Å². The van der Waals surface area contributed by atoms with Crippen LogP contribution in [0.5, 0.6) is 0 Å². The topological polar surface area (TPSA) is 58.1 Å². The number of nitrogens with zero attached hydrogens (tertiary/aromatic N) is 2. The Morgan fingerprint density at radius 3 is 2.13 bits per heavy atom. The van der Waals surface area contributed by atoms with Crippen LogP contribution in [0.2, 0.25) is 0 Å². The summed E-state index contributed by atoms with van der Waals surface area (Å²) >= 11 is 0. The summed E-state index contributed by atoms with van der Waals surface area (Å²) in [6, 6.07) is 9.22. The van der Waals surface area contributed by atoms with Crippen molar-refractivity contribution in [3.63, 3.8) is 0 Å². The van der Waals surface area contributed by atoms with Gasteiger partial charge >= 0.3 is 5.69 Å². The molecule has 1 N–H and O–H groups in total. The lowest BCUT2D eigenvalue weighted by molar-refractivity contribution is -0.0494. The first-order valence-electron chi connectivity index (χ1n) is 12.2. The van der Waals surface area contributed by atoms with Gasteiger partial charge in [0.25, 0.3) is 5.56 Å². The van der Waals surface area contributed by atoms with Crippen LogP contribution in [-0.2, 0) is 0 Å². The molecule has 4 bridgehead atoms. The van der Waals surface area contributed by atoms with Crippen LogP contribution < -0.4 is 11.2 Å². The Bertz CT molecular complexity index is 1030. The SMILES string of the molecule is O=c1[nH]c2ccccc2c(=O)n1C1C[C@@H]2CCC[C@@H](C1)N2C1C[C@@H]2CCC[C@@H](C1)C2. The molecule has 2 saturated carbocycles. The van der Waals surface area contributed by atoms with Gasteiger partial charge in [0.15, 0.2) is 0 Å². The van der Waals surface area contributed by atoms with Gasteiger partial charge in [0.05, 0.1) is 10.9 Å². The molecule has 2 aromatic rings. The smallest absolute Gasteiger partial charge is 0.307 e. The monoisotopic (exact) mass is 407 g/mol. The summed E-state index contributed by atoms with van der Waals surface area (Å²) in [5.74, 6) is 1.87. The number of aromatic nitrogens is 2. The fourth-order valence-corrected chi connectivity index (χ4v) is 7.64. The van der Waals surface area contributed by atoms with Crippen LogP contribution in [0.3, 0.4) is 0 Å². The maximum absolute atomic E-state index is 13.2. The van der Waals surface area contributed by atoms with Crippen molar-refractivity contribution in [2.24, 2.45) is 11.8 Å². The van der Waals surface area contributed by atoms with Crippen LogP contribution >= 0.6 is 0 Å². The Balaban J connectivity index is 1.31. The molecule has 6 rings (SSSR count). The molecule has 5 heteroatoms. The maximum Gasteiger partial charge on any atom is 0.329 e. The third-order valence-corrected chi connectivity index (χ3v) is 8.73. The zero-order valence-electron chi connectivity index (χ0n) is 17.8. The summed E-state index contributed by atoms with van der Waals surface area (Å²) in [7, 11) is 0. The van der Waals surface area contributed by atoms with Crippen molar-refractivity contribution < 1.29 is 0 Å². The van der Waals surface area contributed by atoms with Crippen molar-refractivity contribution in [2.75, 3.05) is 0 Å². The van der Waals surface area contributed by atoms with Crippen LogP contribution in [-0.4, -0.2) is 32.6 Å². The number of nitrogens with one attached hydrogen (secondary N) is 1. The van der Waals surface area contributed by atoms with Crippen LogP contribution in [0.25, 0.3) is 10.9 Å². The third kappa shape index (κ3) is 3.08. The minimum absolute atomic E-state index is 0.0282. The highest BCUT2D eigenvalue weighted by atomic mass is 16.2. The van der Waals surface area contributed by atoms with Gasteiger partial charge in [-0.15, -0.1) is 0 Å². The van der Waals surface area contributed by atoms with E-state index in [1.165, 1.54) is 57.8 Å². The second-order valence-corrected chi connectivity index (χ2v) is 10.5. The van der Waals surface area contributed by atoms with E-state index in [-0.39, 0.29) is 17.3 Å². The molecule has 160 valence electrons. The number of aromatic amines is 1. The zero-order valence-corrected chi connectivity index (χ0v) is 17.8. The maximum atomic E-state index is 13.2. The number of piperidine rings is 2. The first-order valence-corrected chi connectivity index (χ1v) is 12.2. The molecule has 0 radical (unpaired) electrons. The summed E-state index contributed by atoms with van der Waals surface area (Å²) in [6.45, 7) is 0. The molecule has 4 aliphatic rings. The van der Waals surface area contributed by atoms with Crippen molar-refractivity contribution in [3.05, 3.63) is 45.1 Å². The summed E-state index contributed by atoms with van der Waals surface area (Å²) in [5, 5.41) is 0.629.